The average molecular weight is 538 g/mol. The van der Waals surface area contributed by atoms with Crippen LogP contribution in [0.2, 0.25) is 0 Å². The number of carboxylic acid groups (broad SMARTS) is 1. The van der Waals surface area contributed by atoms with Crippen molar-refractivity contribution in [3.05, 3.63) is 0 Å². The number of hydroxylamine groups is 2. The number of rotatable bonds is 25. The van der Waals surface area contributed by atoms with E-state index in [2.05, 4.69) is 39.7 Å². The molecule has 0 unspecified atom stereocenters. The molecule has 0 radical (unpaired) electrons. The van der Waals surface area contributed by atoms with Gasteiger partial charge in [0.25, 0.3) is 0 Å². The van der Waals surface area contributed by atoms with E-state index in [4.69, 9.17) is 9.94 Å². The predicted molar refractivity (Wildman–Crippen MR) is 164 cm³/mol. The molecule has 4 nitrogen and oxygen atoms in total. The zero-order chi connectivity index (χ0) is 28.1. The van der Waals surface area contributed by atoms with Crippen molar-refractivity contribution in [2.24, 2.45) is 5.92 Å². The molecule has 0 aromatic heterocycles. The fourth-order valence-electron chi connectivity index (χ4n) is 6.92. The zero-order valence-electron chi connectivity index (χ0n) is 26.5. The van der Waals surface area contributed by atoms with E-state index in [1.54, 1.807) is 0 Å². The van der Waals surface area contributed by atoms with E-state index in [0.29, 0.717) is 6.42 Å². The van der Waals surface area contributed by atoms with Crippen LogP contribution in [0, 0.1) is 5.92 Å². The van der Waals surface area contributed by atoms with Gasteiger partial charge in [-0.1, -0.05) is 129 Å². The molecule has 226 valence electrons. The highest BCUT2D eigenvalue weighted by Gasteiger charge is 2.46. The third kappa shape index (κ3) is 17.2. The lowest BCUT2D eigenvalue weighted by Gasteiger charge is -2.54. The molecule has 0 aromatic carbocycles. The lowest BCUT2D eigenvalue weighted by atomic mass is 9.73. The molecule has 0 bridgehead atoms. The zero-order valence-corrected chi connectivity index (χ0v) is 26.5. The number of aliphatic carboxylic acids is 1. The SMILES string of the molecule is CCCON1C(C)(C)CC(CCCCCCCCCCCCCCCCCCCCCC(=O)O)CC1(C)C. The number of carbonyl (C=O) groups is 1. The number of hydrogen-bond donors (Lipinski definition) is 1. The van der Waals surface area contributed by atoms with Gasteiger partial charge in [-0.2, -0.15) is 5.06 Å². The van der Waals surface area contributed by atoms with Gasteiger partial charge in [0.1, 0.15) is 0 Å². The van der Waals surface area contributed by atoms with Crippen LogP contribution in [0.15, 0.2) is 0 Å². The summed E-state index contributed by atoms with van der Waals surface area (Å²) in [5, 5.41) is 11.0. The summed E-state index contributed by atoms with van der Waals surface area (Å²) in [6.45, 7) is 12.5. The summed E-state index contributed by atoms with van der Waals surface area (Å²) < 4.78 is 0. The van der Waals surface area contributed by atoms with Crippen LogP contribution >= 0.6 is 0 Å². The predicted octanol–water partition coefficient (Wildman–Crippen LogP) is 10.9. The van der Waals surface area contributed by atoms with Crippen LogP contribution < -0.4 is 0 Å². The molecule has 1 heterocycles. The Morgan fingerprint density at radius 2 is 1.00 bits per heavy atom. The standard InChI is InChI=1S/C34H67NO3/c1-6-28-38-35-33(2,3)29-31(30-34(35,4)5)26-24-22-20-18-16-14-12-10-8-7-9-11-13-15-17-19-21-23-25-27-32(36)37/h31H,6-30H2,1-5H3,(H,36,37). The van der Waals surface area contributed by atoms with Crippen molar-refractivity contribution >= 4 is 5.97 Å². The van der Waals surface area contributed by atoms with E-state index in [9.17, 15) is 4.79 Å². The molecule has 1 aliphatic heterocycles. The van der Waals surface area contributed by atoms with Crippen molar-refractivity contribution < 1.29 is 14.7 Å². The second-order valence-corrected chi connectivity index (χ2v) is 13.7. The van der Waals surface area contributed by atoms with Crippen LogP contribution in [0.3, 0.4) is 0 Å². The van der Waals surface area contributed by atoms with Crippen molar-refractivity contribution in [1.82, 2.24) is 5.06 Å². The maximum Gasteiger partial charge on any atom is 0.303 e. The van der Waals surface area contributed by atoms with Crippen molar-refractivity contribution in [2.75, 3.05) is 6.61 Å². The lowest BCUT2D eigenvalue weighted by Crippen LogP contribution is -2.60. The number of piperidine rings is 1. The Morgan fingerprint density at radius 3 is 1.34 bits per heavy atom. The summed E-state index contributed by atoms with van der Waals surface area (Å²) in [7, 11) is 0. The number of unbranched alkanes of at least 4 members (excludes halogenated alkanes) is 18. The molecule has 1 aliphatic rings. The van der Waals surface area contributed by atoms with E-state index >= 15 is 0 Å². The summed E-state index contributed by atoms with van der Waals surface area (Å²) >= 11 is 0. The van der Waals surface area contributed by atoms with Crippen molar-refractivity contribution in [3.63, 3.8) is 0 Å². The fourth-order valence-corrected chi connectivity index (χ4v) is 6.92. The van der Waals surface area contributed by atoms with Crippen molar-refractivity contribution in [1.29, 1.82) is 0 Å². The van der Waals surface area contributed by atoms with E-state index < -0.39 is 5.97 Å². The van der Waals surface area contributed by atoms with E-state index in [1.165, 1.54) is 128 Å². The van der Waals surface area contributed by atoms with Crippen molar-refractivity contribution in [2.45, 2.75) is 200 Å². The van der Waals surface area contributed by atoms with Crippen LogP contribution in [0.25, 0.3) is 0 Å². The van der Waals surface area contributed by atoms with Gasteiger partial charge in [0.15, 0.2) is 0 Å². The van der Waals surface area contributed by atoms with Gasteiger partial charge in [0.05, 0.1) is 6.61 Å². The number of hydrogen-bond acceptors (Lipinski definition) is 3. The Morgan fingerprint density at radius 1 is 0.658 bits per heavy atom. The third-order valence-electron chi connectivity index (χ3n) is 8.60. The van der Waals surface area contributed by atoms with Gasteiger partial charge < -0.3 is 5.11 Å². The Balaban J connectivity index is 1.87. The molecule has 1 fully saturated rings. The molecule has 0 saturated carbocycles. The second-order valence-electron chi connectivity index (χ2n) is 13.7. The average Bonchev–Trinajstić information content (AvgIpc) is 2.83. The third-order valence-corrected chi connectivity index (χ3v) is 8.60. The maximum atomic E-state index is 10.5. The normalized spacial score (nSPS) is 17.7. The Hall–Kier alpha value is -0.610. The molecule has 1 saturated heterocycles. The fraction of sp³-hybridized carbons (Fsp3) is 0.971. The Labute approximate surface area is 238 Å². The molecular formula is C34H67NO3. The first-order chi connectivity index (χ1) is 18.2. The summed E-state index contributed by atoms with van der Waals surface area (Å²) in [4.78, 5) is 16.7. The first kappa shape index (κ1) is 35.4. The van der Waals surface area contributed by atoms with Gasteiger partial charge in [0, 0.05) is 17.5 Å². The number of carboxylic acids is 1. The summed E-state index contributed by atoms with van der Waals surface area (Å²) in [5.41, 5.74) is 0.266. The summed E-state index contributed by atoms with van der Waals surface area (Å²) in [5.74, 6) is 0.184. The first-order valence-electron chi connectivity index (χ1n) is 16.8. The smallest absolute Gasteiger partial charge is 0.303 e. The van der Waals surface area contributed by atoms with Crippen LogP contribution in [0.4, 0.5) is 0 Å². The van der Waals surface area contributed by atoms with Crippen LogP contribution in [0.1, 0.15) is 189 Å². The quantitative estimate of drug-likeness (QED) is 0.118. The highest BCUT2D eigenvalue weighted by atomic mass is 16.7. The van der Waals surface area contributed by atoms with Crippen LogP contribution in [-0.4, -0.2) is 33.8 Å². The molecule has 0 atom stereocenters. The largest absolute Gasteiger partial charge is 0.481 e. The lowest BCUT2D eigenvalue weighted by molar-refractivity contribution is -0.288. The molecule has 1 N–H and O–H groups in total. The molecule has 0 aromatic rings. The highest BCUT2D eigenvalue weighted by molar-refractivity contribution is 5.66. The minimum Gasteiger partial charge on any atom is -0.481 e. The molecule has 0 spiro atoms. The van der Waals surface area contributed by atoms with E-state index in [1.807, 2.05) is 0 Å². The number of nitrogens with zero attached hydrogens (tertiary/aromatic N) is 1. The van der Waals surface area contributed by atoms with E-state index in [0.717, 1.165) is 31.8 Å². The van der Waals surface area contributed by atoms with Gasteiger partial charge in [-0.3, -0.25) is 9.63 Å². The van der Waals surface area contributed by atoms with Gasteiger partial charge in [-0.25, -0.2) is 0 Å². The minimum atomic E-state index is -0.652. The summed E-state index contributed by atoms with van der Waals surface area (Å²) in [6, 6.07) is 0. The minimum absolute atomic E-state index is 0.133. The first-order valence-corrected chi connectivity index (χ1v) is 16.8. The molecule has 1 rings (SSSR count). The monoisotopic (exact) mass is 538 g/mol. The molecule has 38 heavy (non-hydrogen) atoms. The molecular weight excluding hydrogens is 470 g/mol. The van der Waals surface area contributed by atoms with Crippen LogP contribution in [0.5, 0.6) is 0 Å². The highest BCUT2D eigenvalue weighted by Crippen LogP contribution is 2.43. The summed E-state index contributed by atoms with van der Waals surface area (Å²) in [6.07, 6.45) is 30.9. The van der Waals surface area contributed by atoms with E-state index in [-0.39, 0.29) is 11.1 Å². The Kier molecular flexibility index (Phi) is 19.7. The second kappa shape index (κ2) is 21.2. The molecule has 0 aliphatic carbocycles. The van der Waals surface area contributed by atoms with Gasteiger partial charge >= 0.3 is 5.97 Å². The molecule has 0 amide bonds. The van der Waals surface area contributed by atoms with Crippen molar-refractivity contribution in [3.8, 4) is 0 Å². The molecule has 4 heteroatoms. The maximum absolute atomic E-state index is 10.5. The topological polar surface area (TPSA) is 49.8 Å². The van der Waals surface area contributed by atoms with Crippen LogP contribution in [-0.2, 0) is 9.63 Å². The van der Waals surface area contributed by atoms with Gasteiger partial charge in [-0.15, -0.1) is 0 Å². The van der Waals surface area contributed by atoms with Gasteiger partial charge in [0.2, 0.25) is 0 Å². The van der Waals surface area contributed by atoms with Gasteiger partial charge in [-0.05, 0) is 59.3 Å². The Bertz CT molecular complexity index is 556.